The van der Waals surface area contributed by atoms with E-state index in [1.165, 1.54) is 25.7 Å². The van der Waals surface area contributed by atoms with Crippen molar-refractivity contribution in [3.63, 3.8) is 0 Å². The fourth-order valence-corrected chi connectivity index (χ4v) is 4.05. The standard InChI is InChI=1S/C18H25Cl2NO2/c19-16-7-6-15(12-17(16)20)23-13-18(22)8-3-10-21(11-9-18)14-4-1-2-5-14/h6-7,12,14,22H,1-5,8-11,13H2/t18-/m0/s1. The topological polar surface area (TPSA) is 32.7 Å². The third-order valence-corrected chi connectivity index (χ3v) is 5.93. The Hall–Kier alpha value is -0.480. The smallest absolute Gasteiger partial charge is 0.121 e. The largest absolute Gasteiger partial charge is 0.491 e. The molecule has 0 amide bonds. The van der Waals surface area contributed by atoms with Crippen LogP contribution in [0.15, 0.2) is 18.2 Å². The zero-order chi connectivity index (χ0) is 16.3. The first-order valence-electron chi connectivity index (χ1n) is 8.60. The van der Waals surface area contributed by atoms with Gasteiger partial charge in [-0.1, -0.05) is 36.0 Å². The summed E-state index contributed by atoms with van der Waals surface area (Å²) in [4.78, 5) is 2.57. The molecule has 0 spiro atoms. The molecule has 1 aromatic rings. The molecular weight excluding hydrogens is 333 g/mol. The summed E-state index contributed by atoms with van der Waals surface area (Å²) in [5.41, 5.74) is -0.751. The van der Waals surface area contributed by atoms with Gasteiger partial charge in [-0.15, -0.1) is 0 Å². The quantitative estimate of drug-likeness (QED) is 0.858. The number of ether oxygens (including phenoxy) is 1. The lowest BCUT2D eigenvalue weighted by atomic mass is 9.96. The Bertz CT molecular complexity index is 534. The second-order valence-electron chi connectivity index (χ2n) is 6.92. The van der Waals surface area contributed by atoms with Crippen LogP contribution in [0.4, 0.5) is 0 Å². The van der Waals surface area contributed by atoms with Gasteiger partial charge in [0.05, 0.1) is 15.6 Å². The Morgan fingerprint density at radius 2 is 1.87 bits per heavy atom. The van der Waals surface area contributed by atoms with E-state index < -0.39 is 5.60 Å². The van der Waals surface area contributed by atoms with Gasteiger partial charge < -0.3 is 14.7 Å². The summed E-state index contributed by atoms with van der Waals surface area (Å²) in [6.45, 7) is 2.37. The molecule has 0 unspecified atom stereocenters. The second kappa shape index (κ2) is 7.60. The van der Waals surface area contributed by atoms with Crippen molar-refractivity contribution in [1.29, 1.82) is 0 Å². The van der Waals surface area contributed by atoms with Gasteiger partial charge in [0, 0.05) is 18.7 Å². The van der Waals surface area contributed by atoms with Crippen LogP contribution in [0.2, 0.25) is 10.0 Å². The summed E-state index contributed by atoms with van der Waals surface area (Å²) >= 11 is 11.9. The summed E-state index contributed by atoms with van der Waals surface area (Å²) in [5.74, 6) is 0.657. The van der Waals surface area contributed by atoms with Gasteiger partial charge in [0.2, 0.25) is 0 Å². The minimum Gasteiger partial charge on any atom is -0.491 e. The molecule has 5 heteroatoms. The van der Waals surface area contributed by atoms with E-state index in [1.807, 2.05) is 0 Å². The fourth-order valence-electron chi connectivity index (χ4n) is 3.76. The number of benzene rings is 1. The predicted octanol–water partition coefficient (Wildman–Crippen LogP) is 4.53. The van der Waals surface area contributed by atoms with Gasteiger partial charge in [-0.2, -0.15) is 0 Å². The molecule has 2 aliphatic rings. The van der Waals surface area contributed by atoms with Crippen LogP contribution in [0.1, 0.15) is 44.9 Å². The van der Waals surface area contributed by atoms with Crippen LogP contribution in [0.5, 0.6) is 5.75 Å². The van der Waals surface area contributed by atoms with E-state index in [-0.39, 0.29) is 0 Å². The van der Waals surface area contributed by atoms with Crippen molar-refractivity contribution in [1.82, 2.24) is 4.90 Å². The molecule has 2 fully saturated rings. The third kappa shape index (κ3) is 4.54. The Morgan fingerprint density at radius 3 is 2.61 bits per heavy atom. The number of nitrogens with zero attached hydrogens (tertiary/aromatic N) is 1. The van der Waals surface area contributed by atoms with E-state index in [4.69, 9.17) is 27.9 Å². The van der Waals surface area contributed by atoms with Gasteiger partial charge in [-0.3, -0.25) is 0 Å². The molecule has 1 aromatic carbocycles. The molecule has 0 aromatic heterocycles. The highest BCUT2D eigenvalue weighted by molar-refractivity contribution is 6.42. The van der Waals surface area contributed by atoms with Crippen molar-refractivity contribution in [3.05, 3.63) is 28.2 Å². The van der Waals surface area contributed by atoms with Crippen molar-refractivity contribution >= 4 is 23.2 Å². The molecule has 128 valence electrons. The summed E-state index contributed by atoms with van der Waals surface area (Å²) in [6, 6.07) is 5.94. The molecule has 0 bridgehead atoms. The SMILES string of the molecule is O[C@@]1(COc2ccc(Cl)c(Cl)c2)CCCN(C2CCCC2)CC1. The summed E-state index contributed by atoms with van der Waals surface area (Å²) in [6.07, 6.45) is 7.92. The zero-order valence-electron chi connectivity index (χ0n) is 13.4. The van der Waals surface area contributed by atoms with E-state index in [0.29, 0.717) is 22.4 Å². The Balaban J connectivity index is 1.55. The molecule has 1 heterocycles. The molecule has 3 nitrogen and oxygen atoms in total. The lowest BCUT2D eigenvalue weighted by molar-refractivity contribution is -0.0174. The molecule has 1 aliphatic carbocycles. The van der Waals surface area contributed by atoms with Gasteiger partial charge in [0.25, 0.3) is 0 Å². The normalized spacial score (nSPS) is 27.1. The Morgan fingerprint density at radius 1 is 1.09 bits per heavy atom. The minimum absolute atomic E-state index is 0.309. The van der Waals surface area contributed by atoms with Crippen molar-refractivity contribution < 1.29 is 9.84 Å². The van der Waals surface area contributed by atoms with Crippen LogP contribution >= 0.6 is 23.2 Å². The monoisotopic (exact) mass is 357 g/mol. The average Bonchev–Trinajstić information content (AvgIpc) is 2.99. The van der Waals surface area contributed by atoms with Gasteiger partial charge >= 0.3 is 0 Å². The first-order chi connectivity index (χ1) is 11.1. The Labute approximate surface area is 148 Å². The number of halogens is 2. The van der Waals surface area contributed by atoms with Gasteiger partial charge in [-0.25, -0.2) is 0 Å². The molecule has 1 N–H and O–H groups in total. The highest BCUT2D eigenvalue weighted by atomic mass is 35.5. The molecule has 1 saturated heterocycles. The highest BCUT2D eigenvalue weighted by Gasteiger charge is 2.33. The summed E-state index contributed by atoms with van der Waals surface area (Å²) in [5, 5.41) is 11.9. The highest BCUT2D eigenvalue weighted by Crippen LogP contribution is 2.31. The van der Waals surface area contributed by atoms with Crippen molar-refractivity contribution in [2.45, 2.75) is 56.6 Å². The van der Waals surface area contributed by atoms with Gasteiger partial charge in [-0.05, 0) is 50.8 Å². The molecule has 1 aliphatic heterocycles. The minimum atomic E-state index is -0.751. The first-order valence-corrected chi connectivity index (χ1v) is 9.36. The number of hydrogen-bond acceptors (Lipinski definition) is 3. The average molecular weight is 358 g/mol. The maximum Gasteiger partial charge on any atom is 0.121 e. The van der Waals surface area contributed by atoms with E-state index in [0.717, 1.165) is 38.4 Å². The summed E-state index contributed by atoms with van der Waals surface area (Å²) in [7, 11) is 0. The fraction of sp³-hybridized carbons (Fsp3) is 0.667. The van der Waals surface area contributed by atoms with E-state index >= 15 is 0 Å². The lowest BCUT2D eigenvalue weighted by Crippen LogP contribution is -2.39. The third-order valence-electron chi connectivity index (χ3n) is 5.19. The molecule has 0 radical (unpaired) electrons. The second-order valence-corrected chi connectivity index (χ2v) is 7.73. The molecular formula is C18H25Cl2NO2. The van der Waals surface area contributed by atoms with Crippen LogP contribution in [-0.4, -0.2) is 41.3 Å². The van der Waals surface area contributed by atoms with Crippen LogP contribution in [0, 0.1) is 0 Å². The lowest BCUT2D eigenvalue weighted by Gasteiger charge is -2.29. The first kappa shape index (κ1) is 17.3. The van der Waals surface area contributed by atoms with E-state index in [1.54, 1.807) is 18.2 Å². The van der Waals surface area contributed by atoms with Crippen LogP contribution in [0.25, 0.3) is 0 Å². The predicted molar refractivity (Wildman–Crippen MR) is 94.6 cm³/mol. The van der Waals surface area contributed by atoms with Crippen LogP contribution in [-0.2, 0) is 0 Å². The van der Waals surface area contributed by atoms with Crippen LogP contribution in [0.3, 0.4) is 0 Å². The maximum absolute atomic E-state index is 10.9. The maximum atomic E-state index is 10.9. The van der Waals surface area contributed by atoms with Crippen molar-refractivity contribution in [3.8, 4) is 5.75 Å². The molecule has 1 atom stereocenters. The van der Waals surface area contributed by atoms with Gasteiger partial charge in [0.1, 0.15) is 12.4 Å². The van der Waals surface area contributed by atoms with Crippen LogP contribution < -0.4 is 4.74 Å². The number of hydrogen-bond donors (Lipinski definition) is 1. The molecule has 1 saturated carbocycles. The zero-order valence-corrected chi connectivity index (χ0v) is 15.0. The van der Waals surface area contributed by atoms with E-state index in [9.17, 15) is 5.11 Å². The number of rotatable bonds is 4. The van der Waals surface area contributed by atoms with E-state index in [2.05, 4.69) is 4.90 Å². The van der Waals surface area contributed by atoms with Crippen molar-refractivity contribution in [2.24, 2.45) is 0 Å². The molecule has 3 rings (SSSR count). The van der Waals surface area contributed by atoms with Gasteiger partial charge in [0.15, 0.2) is 0 Å². The van der Waals surface area contributed by atoms with Crippen molar-refractivity contribution in [2.75, 3.05) is 19.7 Å². The Kier molecular flexibility index (Phi) is 5.74. The molecule has 23 heavy (non-hydrogen) atoms. The summed E-state index contributed by atoms with van der Waals surface area (Å²) < 4.78 is 5.79. The number of aliphatic hydroxyl groups is 1. The number of likely N-dealkylation sites (tertiary alicyclic amines) is 1.